The molecule has 0 radical (unpaired) electrons. The average molecular weight is 740 g/mol. The number of carboxylic acid groups (broad SMARTS) is 1. The highest BCUT2D eigenvalue weighted by molar-refractivity contribution is 7.59. The predicted octanol–water partition coefficient (Wildman–Crippen LogP) is 3.47. The van der Waals surface area contributed by atoms with Gasteiger partial charge in [0.2, 0.25) is 25.9 Å². The molecular formula is C36H54NO13P. The first-order chi connectivity index (χ1) is 24.2. The summed E-state index contributed by atoms with van der Waals surface area (Å²) in [6.45, 7) is 5.32. The Kier molecular flexibility index (Phi) is 15.0. The summed E-state index contributed by atoms with van der Waals surface area (Å²) < 4.78 is 36.8. The fourth-order valence-corrected chi connectivity index (χ4v) is 9.43. The van der Waals surface area contributed by atoms with E-state index in [0.29, 0.717) is 12.8 Å². The molecule has 14 nitrogen and oxygen atoms in total. The maximum atomic E-state index is 14.6. The molecule has 1 aromatic rings. The Labute approximate surface area is 299 Å². The van der Waals surface area contributed by atoms with Gasteiger partial charge in [-0.25, -0.2) is 9.59 Å². The van der Waals surface area contributed by atoms with Gasteiger partial charge in [-0.3, -0.25) is 18.7 Å². The summed E-state index contributed by atoms with van der Waals surface area (Å²) in [5.74, 6) is -4.00. The Morgan fingerprint density at radius 1 is 0.961 bits per heavy atom. The molecule has 4 rings (SSSR count). The van der Waals surface area contributed by atoms with Crippen LogP contribution in [0.2, 0.25) is 0 Å². The summed E-state index contributed by atoms with van der Waals surface area (Å²) in [7, 11) is -3.83. The van der Waals surface area contributed by atoms with Gasteiger partial charge >= 0.3 is 17.9 Å². The van der Waals surface area contributed by atoms with Crippen LogP contribution in [0.4, 0.5) is 0 Å². The van der Waals surface area contributed by atoms with E-state index in [1.165, 1.54) is 4.90 Å². The SMILES string of the molecule is CCC(=O)O[C@@H](O[P@](=O)(CCCCc1ccccc1)CC(=O)N1C[C@H](C2CCCCC2)C[C@H]1C(=O)O[C@@H]1O[C@H](C(=O)O)[C@@H](O)[C@H](O)[C@H]1O)C(C)C. The van der Waals surface area contributed by atoms with Crippen molar-refractivity contribution in [2.75, 3.05) is 18.9 Å². The van der Waals surface area contributed by atoms with Gasteiger partial charge in [0.25, 0.3) is 0 Å². The highest BCUT2D eigenvalue weighted by Gasteiger charge is 2.51. The maximum absolute atomic E-state index is 14.6. The van der Waals surface area contributed by atoms with E-state index in [2.05, 4.69) is 0 Å². The van der Waals surface area contributed by atoms with Crippen LogP contribution in [-0.4, -0.2) is 111 Å². The smallest absolute Gasteiger partial charge is 0.335 e. The van der Waals surface area contributed by atoms with E-state index in [4.69, 9.17) is 18.7 Å². The van der Waals surface area contributed by atoms with Crippen molar-refractivity contribution in [1.82, 2.24) is 4.90 Å². The minimum Gasteiger partial charge on any atom is -0.479 e. The number of unbranched alkanes of at least 4 members (excludes halogenated alkanes) is 1. The minimum atomic E-state index is -3.83. The highest BCUT2D eigenvalue weighted by atomic mass is 31.2. The van der Waals surface area contributed by atoms with Crippen LogP contribution in [-0.2, 0) is 48.9 Å². The second-order valence-electron chi connectivity index (χ2n) is 14.3. The fraction of sp³-hybridized carbons (Fsp3) is 0.722. The standard InChI is InChI=1S/C36H54NO13P/c1-4-28(39)47-35(22(2)3)50-51(46,18-12-11-15-23-13-7-5-8-14-23)21-27(38)37-20-25(24-16-9-6-10-17-24)19-26(37)34(45)49-36-31(42)29(40)30(41)32(48-36)33(43)44/h5,7-8,13-14,22,24-26,29-32,35-36,40-42H,4,6,9-12,15-21H2,1-3H3,(H,43,44)/t25-,26+,29+,30+,31-,32+,35+,36+,51-/m1/s1. The molecule has 1 saturated carbocycles. The normalized spacial score (nSPS) is 28.9. The van der Waals surface area contributed by atoms with Crippen LogP contribution in [0, 0.1) is 17.8 Å². The monoisotopic (exact) mass is 739 g/mol. The molecule has 0 unspecified atom stereocenters. The number of carbonyl (C=O) groups excluding carboxylic acids is 3. The van der Waals surface area contributed by atoms with Gasteiger partial charge in [-0.2, -0.15) is 0 Å². The largest absolute Gasteiger partial charge is 0.479 e. The van der Waals surface area contributed by atoms with Crippen LogP contribution < -0.4 is 0 Å². The van der Waals surface area contributed by atoms with Crippen LogP contribution in [0.25, 0.3) is 0 Å². The zero-order chi connectivity index (χ0) is 37.3. The topological polar surface area (TPSA) is 206 Å². The van der Waals surface area contributed by atoms with Gasteiger partial charge in [0, 0.05) is 25.0 Å². The van der Waals surface area contributed by atoms with E-state index < -0.39 is 80.4 Å². The van der Waals surface area contributed by atoms with Crippen LogP contribution in [0.15, 0.2) is 30.3 Å². The Balaban J connectivity index is 1.55. The van der Waals surface area contributed by atoms with Crippen molar-refractivity contribution in [3.05, 3.63) is 35.9 Å². The molecule has 0 spiro atoms. The van der Waals surface area contributed by atoms with E-state index in [-0.39, 0.29) is 43.3 Å². The number of rotatable bonds is 16. The van der Waals surface area contributed by atoms with Gasteiger partial charge in [-0.1, -0.05) is 83.2 Å². The minimum absolute atomic E-state index is 0.0341. The molecule has 2 saturated heterocycles. The Bertz CT molecular complexity index is 1370. The summed E-state index contributed by atoms with van der Waals surface area (Å²) in [5.41, 5.74) is 1.11. The summed E-state index contributed by atoms with van der Waals surface area (Å²) in [6.07, 6.45) is -4.38. The van der Waals surface area contributed by atoms with E-state index in [1.807, 2.05) is 30.3 Å². The molecule has 1 aliphatic carbocycles. The van der Waals surface area contributed by atoms with E-state index >= 15 is 0 Å². The quantitative estimate of drug-likeness (QED) is 0.0831. The van der Waals surface area contributed by atoms with Crippen molar-refractivity contribution in [1.29, 1.82) is 0 Å². The predicted molar refractivity (Wildman–Crippen MR) is 183 cm³/mol. The molecule has 3 aliphatic rings. The molecule has 0 aromatic heterocycles. The Hall–Kier alpha value is -2.87. The first kappa shape index (κ1) is 40.9. The molecule has 286 valence electrons. The lowest BCUT2D eigenvalue weighted by Gasteiger charge is -2.38. The van der Waals surface area contributed by atoms with Gasteiger partial charge in [0.05, 0.1) is 0 Å². The highest BCUT2D eigenvalue weighted by Crippen LogP contribution is 2.51. The number of ether oxygens (including phenoxy) is 3. The van der Waals surface area contributed by atoms with Crippen LogP contribution in [0.5, 0.6) is 0 Å². The molecule has 9 atom stereocenters. The van der Waals surface area contributed by atoms with Crippen molar-refractivity contribution < 1.29 is 62.9 Å². The van der Waals surface area contributed by atoms with Crippen molar-refractivity contribution in [3.8, 4) is 0 Å². The number of hydrogen-bond acceptors (Lipinski definition) is 12. The number of hydrogen-bond donors (Lipinski definition) is 4. The number of aliphatic carboxylic acids is 1. The fourth-order valence-electron chi connectivity index (χ4n) is 7.13. The van der Waals surface area contributed by atoms with Gasteiger partial charge < -0.3 is 39.5 Å². The zero-order valence-electron chi connectivity index (χ0n) is 29.7. The lowest BCUT2D eigenvalue weighted by Crippen LogP contribution is -2.61. The molecule has 3 fully saturated rings. The number of aryl methyl sites for hydroxylation is 1. The zero-order valence-corrected chi connectivity index (χ0v) is 30.6. The third-order valence-corrected chi connectivity index (χ3v) is 12.4. The number of amides is 1. The van der Waals surface area contributed by atoms with Crippen molar-refractivity contribution in [2.45, 2.75) is 128 Å². The van der Waals surface area contributed by atoms with Crippen LogP contribution >= 0.6 is 7.37 Å². The number of esters is 2. The van der Waals surface area contributed by atoms with E-state index in [0.717, 1.165) is 44.1 Å². The number of benzene rings is 1. The number of nitrogens with zero attached hydrogens (tertiary/aromatic N) is 1. The number of carboxylic acids is 1. The van der Waals surface area contributed by atoms with Gasteiger partial charge in [-0.05, 0) is 43.1 Å². The van der Waals surface area contributed by atoms with Crippen molar-refractivity contribution in [2.24, 2.45) is 17.8 Å². The molecule has 0 bridgehead atoms. The second-order valence-corrected chi connectivity index (χ2v) is 16.9. The molecular weight excluding hydrogens is 685 g/mol. The molecule has 4 N–H and O–H groups in total. The second kappa shape index (κ2) is 18.8. The van der Waals surface area contributed by atoms with Crippen LogP contribution in [0.1, 0.15) is 84.1 Å². The summed E-state index contributed by atoms with van der Waals surface area (Å²) in [6, 6.07) is 8.61. The van der Waals surface area contributed by atoms with E-state index in [1.54, 1.807) is 20.8 Å². The van der Waals surface area contributed by atoms with E-state index in [9.17, 15) is 44.2 Å². The molecule has 51 heavy (non-hydrogen) atoms. The third kappa shape index (κ3) is 11.1. The first-order valence-corrected chi connectivity index (χ1v) is 20.1. The summed E-state index contributed by atoms with van der Waals surface area (Å²) in [5, 5.41) is 40.2. The van der Waals surface area contributed by atoms with Gasteiger partial charge in [0.15, 0.2) is 6.10 Å². The average Bonchev–Trinajstić information content (AvgIpc) is 3.57. The molecule has 15 heteroatoms. The Morgan fingerprint density at radius 2 is 1.65 bits per heavy atom. The number of aliphatic hydroxyl groups is 3. The third-order valence-electron chi connectivity index (χ3n) is 10.1. The summed E-state index contributed by atoms with van der Waals surface area (Å²) >= 11 is 0. The van der Waals surface area contributed by atoms with Gasteiger partial charge in [0.1, 0.15) is 30.5 Å². The summed E-state index contributed by atoms with van der Waals surface area (Å²) in [4.78, 5) is 53.1. The van der Waals surface area contributed by atoms with Crippen molar-refractivity contribution in [3.63, 3.8) is 0 Å². The van der Waals surface area contributed by atoms with Crippen LogP contribution in [0.3, 0.4) is 0 Å². The lowest BCUT2D eigenvalue weighted by molar-refractivity contribution is -0.287. The molecule has 2 heterocycles. The lowest BCUT2D eigenvalue weighted by atomic mass is 9.79. The maximum Gasteiger partial charge on any atom is 0.335 e. The molecule has 2 aliphatic heterocycles. The first-order valence-electron chi connectivity index (χ1n) is 18.1. The number of likely N-dealkylation sites (tertiary alicyclic amines) is 1. The molecule has 1 aromatic carbocycles. The number of aliphatic hydroxyl groups excluding tert-OH is 3. The van der Waals surface area contributed by atoms with Gasteiger partial charge in [-0.15, -0.1) is 0 Å². The Morgan fingerprint density at radius 3 is 2.27 bits per heavy atom. The van der Waals surface area contributed by atoms with Crippen molar-refractivity contribution >= 4 is 31.2 Å². The molecule has 1 amide bonds. The number of carbonyl (C=O) groups is 4.